The molecule has 2 aromatic rings. The second-order valence-electron chi connectivity index (χ2n) is 5.30. The zero-order chi connectivity index (χ0) is 17.9. The molecule has 1 heterocycles. The standard InChI is InChI=1S/C18H23FN4O2/c1-14(25-16-7-5-15(19)6-8-16)12-23-18(20-2)22-10-11-24-17-4-3-9-21-13-17/h3-9,13-14H,10-12H2,1-2H3,(H2,20,22,23). The summed E-state index contributed by atoms with van der Waals surface area (Å²) in [7, 11) is 1.70. The normalized spacial score (nSPS) is 12.4. The summed E-state index contributed by atoms with van der Waals surface area (Å²) in [4.78, 5) is 8.13. The number of nitrogens with one attached hydrogen (secondary N) is 2. The van der Waals surface area contributed by atoms with Gasteiger partial charge in [0.05, 0.1) is 19.3 Å². The molecule has 0 aliphatic rings. The Bertz CT molecular complexity index is 650. The van der Waals surface area contributed by atoms with Crippen LogP contribution in [0.5, 0.6) is 11.5 Å². The number of ether oxygens (including phenoxy) is 2. The lowest BCUT2D eigenvalue weighted by Crippen LogP contribution is -2.43. The maximum absolute atomic E-state index is 12.9. The van der Waals surface area contributed by atoms with E-state index in [2.05, 4.69) is 20.6 Å². The third-order valence-electron chi connectivity index (χ3n) is 3.23. The van der Waals surface area contributed by atoms with Gasteiger partial charge in [-0.15, -0.1) is 0 Å². The highest BCUT2D eigenvalue weighted by Crippen LogP contribution is 2.12. The van der Waals surface area contributed by atoms with E-state index in [0.29, 0.717) is 31.4 Å². The van der Waals surface area contributed by atoms with E-state index in [4.69, 9.17) is 9.47 Å². The number of rotatable bonds is 8. The van der Waals surface area contributed by atoms with Gasteiger partial charge in [-0.2, -0.15) is 0 Å². The molecule has 0 spiro atoms. The molecular weight excluding hydrogens is 323 g/mol. The fourth-order valence-corrected chi connectivity index (χ4v) is 2.02. The lowest BCUT2D eigenvalue weighted by atomic mass is 10.3. The quantitative estimate of drug-likeness (QED) is 0.436. The number of halogens is 1. The second kappa shape index (κ2) is 10.1. The maximum Gasteiger partial charge on any atom is 0.191 e. The number of pyridine rings is 1. The Morgan fingerprint density at radius 1 is 1.20 bits per heavy atom. The minimum Gasteiger partial charge on any atom is -0.490 e. The van der Waals surface area contributed by atoms with Crippen molar-refractivity contribution < 1.29 is 13.9 Å². The van der Waals surface area contributed by atoms with Crippen LogP contribution >= 0.6 is 0 Å². The molecule has 0 aliphatic heterocycles. The van der Waals surface area contributed by atoms with Crippen LogP contribution < -0.4 is 20.1 Å². The third-order valence-corrected chi connectivity index (χ3v) is 3.23. The van der Waals surface area contributed by atoms with Crippen LogP contribution in [0, 0.1) is 5.82 Å². The minimum atomic E-state index is -0.281. The molecule has 2 rings (SSSR count). The molecule has 1 aromatic carbocycles. The van der Waals surface area contributed by atoms with Crippen LogP contribution in [0.1, 0.15) is 6.92 Å². The van der Waals surface area contributed by atoms with Gasteiger partial charge in [0.15, 0.2) is 5.96 Å². The molecule has 0 amide bonds. The average Bonchev–Trinajstić information content (AvgIpc) is 2.64. The van der Waals surface area contributed by atoms with E-state index in [0.717, 1.165) is 5.75 Å². The Balaban J connectivity index is 1.64. The number of hydrogen-bond donors (Lipinski definition) is 2. The Kier molecular flexibility index (Phi) is 7.49. The molecule has 0 fully saturated rings. The molecule has 0 radical (unpaired) electrons. The summed E-state index contributed by atoms with van der Waals surface area (Å²) in [5.41, 5.74) is 0. The molecule has 0 bridgehead atoms. The van der Waals surface area contributed by atoms with E-state index in [1.165, 1.54) is 12.1 Å². The van der Waals surface area contributed by atoms with Crippen molar-refractivity contribution in [1.82, 2.24) is 15.6 Å². The summed E-state index contributed by atoms with van der Waals surface area (Å²) in [6.07, 6.45) is 3.27. The van der Waals surface area contributed by atoms with Gasteiger partial charge in [-0.05, 0) is 43.3 Å². The first-order valence-electron chi connectivity index (χ1n) is 8.07. The number of guanidine groups is 1. The largest absolute Gasteiger partial charge is 0.490 e. The first-order chi connectivity index (χ1) is 12.2. The molecule has 1 atom stereocenters. The Labute approximate surface area is 147 Å². The van der Waals surface area contributed by atoms with Crippen LogP contribution in [0.15, 0.2) is 53.8 Å². The molecule has 25 heavy (non-hydrogen) atoms. The SMILES string of the molecule is CN=C(NCCOc1cccnc1)NCC(C)Oc1ccc(F)cc1. The van der Waals surface area contributed by atoms with Crippen molar-refractivity contribution in [3.05, 3.63) is 54.6 Å². The van der Waals surface area contributed by atoms with Crippen LogP contribution in [0.2, 0.25) is 0 Å². The van der Waals surface area contributed by atoms with Gasteiger partial charge >= 0.3 is 0 Å². The van der Waals surface area contributed by atoms with E-state index < -0.39 is 0 Å². The van der Waals surface area contributed by atoms with Crippen molar-refractivity contribution in [2.75, 3.05) is 26.7 Å². The summed E-state index contributed by atoms with van der Waals surface area (Å²) < 4.78 is 24.1. The number of benzene rings is 1. The van der Waals surface area contributed by atoms with Crippen LogP contribution in [0.3, 0.4) is 0 Å². The number of aliphatic imine (C=N–C) groups is 1. The maximum atomic E-state index is 12.9. The van der Waals surface area contributed by atoms with Gasteiger partial charge in [0, 0.05) is 13.2 Å². The first-order valence-corrected chi connectivity index (χ1v) is 8.07. The van der Waals surface area contributed by atoms with Crippen LogP contribution in [0.4, 0.5) is 4.39 Å². The van der Waals surface area contributed by atoms with E-state index in [9.17, 15) is 4.39 Å². The van der Waals surface area contributed by atoms with E-state index in [1.807, 2.05) is 19.1 Å². The zero-order valence-electron chi connectivity index (χ0n) is 14.4. The Morgan fingerprint density at radius 3 is 2.68 bits per heavy atom. The predicted molar refractivity (Wildman–Crippen MR) is 95.6 cm³/mol. The minimum absolute atomic E-state index is 0.101. The van der Waals surface area contributed by atoms with E-state index in [1.54, 1.807) is 31.6 Å². The predicted octanol–water partition coefficient (Wildman–Crippen LogP) is 2.23. The molecule has 1 aromatic heterocycles. The fraction of sp³-hybridized carbons (Fsp3) is 0.333. The second-order valence-corrected chi connectivity index (χ2v) is 5.30. The zero-order valence-corrected chi connectivity index (χ0v) is 14.4. The van der Waals surface area contributed by atoms with Gasteiger partial charge in [0.1, 0.15) is 30.0 Å². The van der Waals surface area contributed by atoms with Crippen LogP contribution in [-0.4, -0.2) is 43.8 Å². The lowest BCUT2D eigenvalue weighted by molar-refractivity contribution is 0.223. The third kappa shape index (κ3) is 7.07. The van der Waals surface area contributed by atoms with E-state index in [-0.39, 0.29) is 11.9 Å². The average molecular weight is 346 g/mol. The molecule has 7 heteroatoms. The molecule has 2 N–H and O–H groups in total. The highest BCUT2D eigenvalue weighted by molar-refractivity contribution is 5.79. The summed E-state index contributed by atoms with van der Waals surface area (Å²) in [6, 6.07) is 9.64. The van der Waals surface area contributed by atoms with Crippen molar-refractivity contribution in [3.63, 3.8) is 0 Å². The van der Waals surface area contributed by atoms with E-state index >= 15 is 0 Å². The van der Waals surface area contributed by atoms with Gasteiger partial charge in [0.2, 0.25) is 0 Å². The molecule has 0 aliphatic carbocycles. The molecule has 0 saturated carbocycles. The van der Waals surface area contributed by atoms with Crippen molar-refractivity contribution in [2.24, 2.45) is 4.99 Å². The Morgan fingerprint density at radius 2 is 2.00 bits per heavy atom. The molecular formula is C18H23FN4O2. The number of nitrogens with zero attached hydrogens (tertiary/aromatic N) is 2. The van der Waals surface area contributed by atoms with Crippen molar-refractivity contribution >= 4 is 5.96 Å². The topological polar surface area (TPSA) is 67.8 Å². The van der Waals surface area contributed by atoms with Gasteiger partial charge in [-0.25, -0.2) is 4.39 Å². The highest BCUT2D eigenvalue weighted by Gasteiger charge is 2.06. The van der Waals surface area contributed by atoms with Crippen LogP contribution in [-0.2, 0) is 0 Å². The lowest BCUT2D eigenvalue weighted by Gasteiger charge is -2.17. The molecule has 6 nitrogen and oxygen atoms in total. The van der Waals surface area contributed by atoms with Crippen molar-refractivity contribution in [2.45, 2.75) is 13.0 Å². The summed E-state index contributed by atoms with van der Waals surface area (Å²) in [5.74, 6) is 1.73. The summed E-state index contributed by atoms with van der Waals surface area (Å²) >= 11 is 0. The highest BCUT2D eigenvalue weighted by atomic mass is 19.1. The van der Waals surface area contributed by atoms with Gasteiger partial charge in [-0.1, -0.05) is 0 Å². The summed E-state index contributed by atoms with van der Waals surface area (Å²) in [6.45, 7) is 3.57. The van der Waals surface area contributed by atoms with Gasteiger partial charge in [-0.3, -0.25) is 9.98 Å². The number of hydrogen-bond acceptors (Lipinski definition) is 4. The molecule has 1 unspecified atom stereocenters. The smallest absolute Gasteiger partial charge is 0.191 e. The van der Waals surface area contributed by atoms with Crippen LogP contribution in [0.25, 0.3) is 0 Å². The Hall–Kier alpha value is -2.83. The molecule has 134 valence electrons. The monoisotopic (exact) mass is 346 g/mol. The van der Waals surface area contributed by atoms with Crippen molar-refractivity contribution in [1.29, 1.82) is 0 Å². The molecule has 0 saturated heterocycles. The fourth-order valence-electron chi connectivity index (χ4n) is 2.02. The number of aromatic nitrogens is 1. The van der Waals surface area contributed by atoms with Gasteiger partial charge in [0.25, 0.3) is 0 Å². The van der Waals surface area contributed by atoms with Gasteiger partial charge < -0.3 is 20.1 Å². The first kappa shape index (κ1) is 18.5. The van der Waals surface area contributed by atoms with Crippen molar-refractivity contribution in [3.8, 4) is 11.5 Å². The summed E-state index contributed by atoms with van der Waals surface area (Å²) in [5, 5.41) is 6.33.